The maximum Gasteiger partial charge on any atom is 0.258 e. The molecule has 3 N–H and O–H groups in total. The number of fused-ring (bicyclic) bond motifs is 1. The van der Waals surface area contributed by atoms with Crippen molar-refractivity contribution in [3.8, 4) is 0 Å². The van der Waals surface area contributed by atoms with E-state index in [1.165, 1.54) is 5.38 Å². The van der Waals surface area contributed by atoms with Gasteiger partial charge in [-0.3, -0.25) is 9.52 Å². The van der Waals surface area contributed by atoms with Gasteiger partial charge in [0.25, 0.3) is 12.3 Å². The zero-order chi connectivity index (χ0) is 23.5. The largest absolute Gasteiger partial charge is 0.363 e. The molecule has 1 aromatic carbocycles. The first kappa shape index (κ1) is 23.7. The van der Waals surface area contributed by atoms with Gasteiger partial charge in [0.2, 0.25) is 10.0 Å². The van der Waals surface area contributed by atoms with E-state index in [1.807, 2.05) is 4.72 Å². The first-order valence-electron chi connectivity index (χ1n) is 9.17. The number of anilines is 3. The third kappa shape index (κ3) is 5.24. The standard InChI is InChI=1S/C18H17F4N5O3S2/c1-2-5-32(29,30)27-11-4-3-10(19)15(13(11)22)26-18(28)9-7-31-16-14(9)24-8-25-17(16)23-6-12(20)21/h3-4,7-8,12,27H,2,5-6H2,1H3,(H,26,28)(H,23,24,25). The Labute approximate surface area is 184 Å². The number of amides is 1. The van der Waals surface area contributed by atoms with Crippen molar-refractivity contribution in [1.82, 2.24) is 9.97 Å². The fraction of sp³-hybridized carbons (Fsp3) is 0.278. The summed E-state index contributed by atoms with van der Waals surface area (Å²) in [5, 5.41) is 5.86. The van der Waals surface area contributed by atoms with Crippen LogP contribution in [0.2, 0.25) is 0 Å². The summed E-state index contributed by atoms with van der Waals surface area (Å²) >= 11 is 0.984. The van der Waals surface area contributed by atoms with Gasteiger partial charge < -0.3 is 10.6 Å². The molecule has 14 heteroatoms. The first-order chi connectivity index (χ1) is 15.1. The van der Waals surface area contributed by atoms with Crippen LogP contribution in [0.15, 0.2) is 23.8 Å². The van der Waals surface area contributed by atoms with Gasteiger partial charge in [0.15, 0.2) is 5.82 Å². The molecule has 0 atom stereocenters. The number of benzene rings is 1. The van der Waals surface area contributed by atoms with Crippen LogP contribution in [0.25, 0.3) is 10.2 Å². The number of hydrogen-bond donors (Lipinski definition) is 3. The zero-order valence-corrected chi connectivity index (χ0v) is 18.1. The molecule has 0 aliphatic carbocycles. The maximum absolute atomic E-state index is 14.8. The molecule has 32 heavy (non-hydrogen) atoms. The number of sulfonamides is 1. The molecule has 0 aliphatic heterocycles. The third-order valence-electron chi connectivity index (χ3n) is 4.09. The summed E-state index contributed by atoms with van der Waals surface area (Å²) in [6.07, 6.45) is -1.29. The van der Waals surface area contributed by atoms with Crippen LogP contribution in [0, 0.1) is 11.6 Å². The topological polar surface area (TPSA) is 113 Å². The number of carbonyl (C=O) groups excluding carboxylic acids is 1. The van der Waals surface area contributed by atoms with Crippen LogP contribution >= 0.6 is 11.3 Å². The number of alkyl halides is 2. The Bertz CT molecular complexity index is 1250. The van der Waals surface area contributed by atoms with Gasteiger partial charge in [-0.25, -0.2) is 35.9 Å². The van der Waals surface area contributed by atoms with Crippen LogP contribution in [0.3, 0.4) is 0 Å². The Balaban J connectivity index is 1.90. The van der Waals surface area contributed by atoms with E-state index in [4.69, 9.17) is 0 Å². The second-order valence-electron chi connectivity index (χ2n) is 6.48. The van der Waals surface area contributed by atoms with Crippen molar-refractivity contribution >= 4 is 54.7 Å². The Morgan fingerprint density at radius 1 is 1.22 bits per heavy atom. The van der Waals surface area contributed by atoms with Crippen molar-refractivity contribution in [3.05, 3.63) is 41.0 Å². The van der Waals surface area contributed by atoms with Crippen LogP contribution < -0.4 is 15.4 Å². The van der Waals surface area contributed by atoms with E-state index >= 15 is 0 Å². The fourth-order valence-electron chi connectivity index (χ4n) is 2.73. The van der Waals surface area contributed by atoms with Crippen LogP contribution in [0.1, 0.15) is 23.7 Å². The molecule has 0 unspecified atom stereocenters. The molecule has 1 amide bonds. The Morgan fingerprint density at radius 2 is 1.97 bits per heavy atom. The van der Waals surface area contributed by atoms with Crippen molar-refractivity contribution in [2.24, 2.45) is 0 Å². The molecule has 2 aromatic heterocycles. The summed E-state index contributed by atoms with van der Waals surface area (Å²) in [6.45, 7) is 0.956. The van der Waals surface area contributed by atoms with Crippen molar-refractivity contribution in [3.63, 3.8) is 0 Å². The second-order valence-corrected chi connectivity index (χ2v) is 9.20. The van der Waals surface area contributed by atoms with Crippen molar-refractivity contribution in [2.75, 3.05) is 27.7 Å². The molecular weight excluding hydrogens is 474 g/mol. The number of hydrogen-bond acceptors (Lipinski definition) is 7. The molecule has 3 aromatic rings. The minimum absolute atomic E-state index is 0.0664. The molecule has 8 nitrogen and oxygen atoms in total. The number of thiophene rings is 1. The Morgan fingerprint density at radius 3 is 2.66 bits per heavy atom. The summed E-state index contributed by atoms with van der Waals surface area (Å²) < 4.78 is 80.1. The highest BCUT2D eigenvalue weighted by atomic mass is 32.2. The monoisotopic (exact) mass is 491 g/mol. The van der Waals surface area contributed by atoms with Crippen LogP contribution in [0.4, 0.5) is 34.8 Å². The highest BCUT2D eigenvalue weighted by Crippen LogP contribution is 2.31. The van der Waals surface area contributed by atoms with Crippen molar-refractivity contribution in [1.29, 1.82) is 0 Å². The van der Waals surface area contributed by atoms with E-state index in [1.54, 1.807) is 6.92 Å². The highest BCUT2D eigenvalue weighted by Gasteiger charge is 2.22. The lowest BCUT2D eigenvalue weighted by atomic mass is 10.2. The third-order valence-corrected chi connectivity index (χ3v) is 6.54. The quantitative estimate of drug-likeness (QED) is 0.389. The lowest BCUT2D eigenvalue weighted by molar-refractivity contribution is 0.102. The predicted molar refractivity (Wildman–Crippen MR) is 114 cm³/mol. The average molecular weight is 491 g/mol. The number of rotatable bonds is 9. The molecular formula is C18H17F4N5O3S2. The van der Waals surface area contributed by atoms with E-state index in [-0.39, 0.29) is 29.1 Å². The maximum atomic E-state index is 14.8. The highest BCUT2D eigenvalue weighted by molar-refractivity contribution is 7.92. The smallest absolute Gasteiger partial charge is 0.258 e. The van der Waals surface area contributed by atoms with Gasteiger partial charge in [-0.05, 0) is 18.6 Å². The van der Waals surface area contributed by atoms with Gasteiger partial charge in [-0.2, -0.15) is 0 Å². The first-order valence-corrected chi connectivity index (χ1v) is 11.7. The number of halogens is 4. The predicted octanol–water partition coefficient (Wildman–Crippen LogP) is 4.05. The van der Waals surface area contributed by atoms with E-state index in [0.29, 0.717) is 4.70 Å². The van der Waals surface area contributed by atoms with E-state index in [9.17, 15) is 30.8 Å². The van der Waals surface area contributed by atoms with E-state index in [2.05, 4.69) is 20.6 Å². The number of aromatic nitrogens is 2. The van der Waals surface area contributed by atoms with Gasteiger partial charge in [0.1, 0.15) is 23.6 Å². The molecule has 0 saturated heterocycles. The fourth-order valence-corrected chi connectivity index (χ4v) is 4.82. The summed E-state index contributed by atoms with van der Waals surface area (Å²) in [5.74, 6) is -3.53. The lowest BCUT2D eigenvalue weighted by Gasteiger charge is -2.12. The molecule has 0 bridgehead atoms. The van der Waals surface area contributed by atoms with Gasteiger partial charge >= 0.3 is 0 Å². The van der Waals surface area contributed by atoms with Gasteiger partial charge in [-0.1, -0.05) is 6.92 Å². The Kier molecular flexibility index (Phi) is 7.13. The van der Waals surface area contributed by atoms with Gasteiger partial charge in [-0.15, -0.1) is 11.3 Å². The average Bonchev–Trinajstić information content (AvgIpc) is 3.16. The van der Waals surface area contributed by atoms with E-state index < -0.39 is 51.9 Å². The Hall–Kier alpha value is -3.00. The van der Waals surface area contributed by atoms with Gasteiger partial charge in [0.05, 0.1) is 33.8 Å². The molecule has 0 aliphatic rings. The molecule has 0 spiro atoms. The zero-order valence-electron chi connectivity index (χ0n) is 16.5. The normalized spacial score (nSPS) is 11.7. The van der Waals surface area contributed by atoms with E-state index in [0.717, 1.165) is 29.8 Å². The summed E-state index contributed by atoms with van der Waals surface area (Å²) in [5.41, 5.74) is -1.34. The van der Waals surface area contributed by atoms with Crippen LogP contribution in [-0.2, 0) is 10.0 Å². The molecule has 3 rings (SSSR count). The van der Waals surface area contributed by atoms with Crippen molar-refractivity contribution in [2.45, 2.75) is 19.8 Å². The minimum atomic E-state index is -3.85. The number of nitrogens with one attached hydrogen (secondary N) is 3. The summed E-state index contributed by atoms with van der Waals surface area (Å²) in [4.78, 5) is 20.5. The summed E-state index contributed by atoms with van der Waals surface area (Å²) in [6, 6.07) is 1.71. The molecule has 172 valence electrons. The SMILES string of the molecule is CCCS(=O)(=O)Nc1ccc(F)c(NC(=O)c2csc3c(NCC(F)F)ncnc23)c1F. The molecule has 0 fully saturated rings. The molecule has 0 radical (unpaired) electrons. The number of carbonyl (C=O) groups is 1. The summed E-state index contributed by atoms with van der Waals surface area (Å²) in [7, 11) is -3.85. The minimum Gasteiger partial charge on any atom is -0.363 e. The number of nitrogens with zero attached hydrogens (tertiary/aromatic N) is 2. The van der Waals surface area contributed by atoms with Crippen LogP contribution in [-0.4, -0.2) is 43.0 Å². The van der Waals surface area contributed by atoms with Gasteiger partial charge in [0, 0.05) is 5.38 Å². The lowest BCUT2D eigenvalue weighted by Crippen LogP contribution is -2.19. The molecule has 0 saturated carbocycles. The van der Waals surface area contributed by atoms with Crippen molar-refractivity contribution < 1.29 is 30.8 Å². The molecule has 2 heterocycles. The second kappa shape index (κ2) is 9.65. The van der Waals surface area contributed by atoms with Crippen LogP contribution in [0.5, 0.6) is 0 Å².